The fourth-order valence-electron chi connectivity index (χ4n) is 3.70. The van der Waals surface area contributed by atoms with Gasteiger partial charge in [-0.3, -0.25) is 19.3 Å². The molecule has 1 unspecified atom stereocenters. The van der Waals surface area contributed by atoms with Gasteiger partial charge in [-0.2, -0.15) is 10.2 Å². The third kappa shape index (κ3) is 3.45. The van der Waals surface area contributed by atoms with Gasteiger partial charge >= 0.3 is 0 Å². The lowest BCUT2D eigenvalue weighted by Crippen LogP contribution is -2.41. The summed E-state index contributed by atoms with van der Waals surface area (Å²) < 4.78 is 3.06. The molecule has 1 fully saturated rings. The molecule has 3 aromatic heterocycles. The molecule has 8 nitrogen and oxygen atoms in total. The maximum Gasteiger partial charge on any atom is 0.272 e. The van der Waals surface area contributed by atoms with Crippen molar-refractivity contribution < 1.29 is 4.79 Å². The number of hydrogen-bond acceptors (Lipinski definition) is 5. The number of hydrogen-bond donors (Lipinski definition) is 0. The molecule has 4 heterocycles. The fraction of sp³-hybridized carbons (Fsp3) is 0.350. The molecular formula is C20H22N6O2. The second-order valence-electron chi connectivity index (χ2n) is 7.07. The van der Waals surface area contributed by atoms with Gasteiger partial charge in [-0.15, -0.1) is 0 Å². The van der Waals surface area contributed by atoms with Crippen LogP contribution in [0.2, 0.25) is 0 Å². The molecule has 0 N–H and O–H groups in total. The highest BCUT2D eigenvalue weighted by Crippen LogP contribution is 2.22. The van der Waals surface area contributed by atoms with Gasteiger partial charge in [0.05, 0.1) is 24.0 Å². The summed E-state index contributed by atoms with van der Waals surface area (Å²) in [5.41, 5.74) is 2.73. The van der Waals surface area contributed by atoms with Crippen molar-refractivity contribution in [1.29, 1.82) is 0 Å². The Labute approximate surface area is 162 Å². The van der Waals surface area contributed by atoms with Crippen LogP contribution in [0.5, 0.6) is 0 Å². The number of aromatic nitrogens is 5. The molecule has 0 spiro atoms. The molecule has 1 aliphatic rings. The first-order valence-electron chi connectivity index (χ1n) is 9.33. The Morgan fingerprint density at radius 3 is 2.82 bits per heavy atom. The molecule has 0 bridgehead atoms. The van der Waals surface area contributed by atoms with Crippen molar-refractivity contribution in [3.05, 3.63) is 64.5 Å². The third-order valence-corrected chi connectivity index (χ3v) is 5.07. The molecule has 1 amide bonds. The summed E-state index contributed by atoms with van der Waals surface area (Å²) in [6.45, 7) is 2.91. The first-order valence-corrected chi connectivity index (χ1v) is 9.33. The van der Waals surface area contributed by atoms with E-state index in [-0.39, 0.29) is 17.5 Å². The van der Waals surface area contributed by atoms with E-state index in [0.717, 1.165) is 24.1 Å². The van der Waals surface area contributed by atoms with Gasteiger partial charge in [0.25, 0.3) is 11.5 Å². The van der Waals surface area contributed by atoms with E-state index < -0.39 is 0 Å². The van der Waals surface area contributed by atoms with E-state index in [9.17, 15) is 9.59 Å². The highest BCUT2D eigenvalue weighted by Gasteiger charge is 2.31. The predicted molar refractivity (Wildman–Crippen MR) is 104 cm³/mol. The molecule has 0 saturated carbocycles. The molecule has 1 aliphatic heterocycles. The molecule has 1 saturated heterocycles. The summed E-state index contributed by atoms with van der Waals surface area (Å²) in [6, 6.07) is 8.68. The van der Waals surface area contributed by atoms with E-state index in [2.05, 4.69) is 15.2 Å². The lowest BCUT2D eigenvalue weighted by atomic mass is 10.2. The molecule has 8 heteroatoms. The smallest absolute Gasteiger partial charge is 0.272 e. The van der Waals surface area contributed by atoms with E-state index >= 15 is 0 Å². The summed E-state index contributed by atoms with van der Waals surface area (Å²) >= 11 is 0. The Hall–Kier alpha value is -3.29. The maximum absolute atomic E-state index is 13.0. The average Bonchev–Trinajstić information content (AvgIpc) is 3.29. The Kier molecular flexibility index (Phi) is 4.77. The van der Waals surface area contributed by atoms with E-state index in [4.69, 9.17) is 0 Å². The molecule has 0 radical (unpaired) electrons. The zero-order chi connectivity index (χ0) is 19.7. The quantitative estimate of drug-likeness (QED) is 0.689. The zero-order valence-electron chi connectivity index (χ0n) is 15.9. The third-order valence-electron chi connectivity index (χ3n) is 5.07. The van der Waals surface area contributed by atoms with Crippen LogP contribution in [0.15, 0.2) is 47.5 Å². The molecule has 4 rings (SSSR count). The Morgan fingerprint density at radius 1 is 1.25 bits per heavy atom. The van der Waals surface area contributed by atoms with Crippen LogP contribution in [0, 0.1) is 6.92 Å². The molecule has 0 aromatic carbocycles. The minimum Gasteiger partial charge on any atom is -0.332 e. The van der Waals surface area contributed by atoms with Crippen LogP contribution >= 0.6 is 0 Å². The fourth-order valence-corrected chi connectivity index (χ4v) is 3.70. The topological polar surface area (TPSA) is 85.9 Å². The van der Waals surface area contributed by atoms with Crippen LogP contribution < -0.4 is 5.56 Å². The van der Waals surface area contributed by atoms with Crippen molar-refractivity contribution in [1.82, 2.24) is 29.4 Å². The van der Waals surface area contributed by atoms with Gasteiger partial charge in [-0.25, -0.2) is 4.68 Å². The number of likely N-dealkylation sites (tertiary alicyclic amines) is 1. The predicted octanol–water partition coefficient (Wildman–Crippen LogP) is 1.65. The van der Waals surface area contributed by atoms with Crippen LogP contribution in [-0.2, 0) is 13.6 Å². The number of amides is 1. The molecule has 144 valence electrons. The summed E-state index contributed by atoms with van der Waals surface area (Å²) in [4.78, 5) is 31.3. The number of aryl methyl sites for hydroxylation is 2. The van der Waals surface area contributed by atoms with Gasteiger partial charge in [0, 0.05) is 37.6 Å². The molecular weight excluding hydrogens is 356 g/mol. The zero-order valence-corrected chi connectivity index (χ0v) is 15.9. The highest BCUT2D eigenvalue weighted by molar-refractivity contribution is 5.93. The number of carbonyl (C=O) groups excluding carboxylic acids is 1. The molecule has 28 heavy (non-hydrogen) atoms. The van der Waals surface area contributed by atoms with Crippen molar-refractivity contribution in [3.8, 4) is 11.3 Å². The van der Waals surface area contributed by atoms with Crippen LogP contribution in [0.4, 0.5) is 0 Å². The first kappa shape index (κ1) is 18.1. The largest absolute Gasteiger partial charge is 0.332 e. The van der Waals surface area contributed by atoms with E-state index in [0.29, 0.717) is 24.5 Å². The Bertz CT molecular complexity index is 1060. The molecule has 3 aromatic rings. The van der Waals surface area contributed by atoms with Crippen molar-refractivity contribution >= 4 is 5.91 Å². The van der Waals surface area contributed by atoms with Crippen LogP contribution in [0.1, 0.15) is 29.0 Å². The summed E-state index contributed by atoms with van der Waals surface area (Å²) in [6.07, 6.45) is 5.16. The van der Waals surface area contributed by atoms with Gasteiger partial charge in [-0.1, -0.05) is 0 Å². The van der Waals surface area contributed by atoms with E-state index in [1.54, 1.807) is 36.3 Å². The van der Waals surface area contributed by atoms with Crippen LogP contribution in [0.3, 0.4) is 0 Å². The molecule has 0 aliphatic carbocycles. The van der Waals surface area contributed by atoms with Crippen LogP contribution in [0.25, 0.3) is 11.3 Å². The Morgan fingerprint density at radius 2 is 2.11 bits per heavy atom. The minimum absolute atomic E-state index is 0.0536. The van der Waals surface area contributed by atoms with Gasteiger partial charge in [-0.05, 0) is 44.0 Å². The molecule has 1 atom stereocenters. The number of nitrogens with zero attached hydrogens (tertiary/aromatic N) is 6. The van der Waals surface area contributed by atoms with Crippen molar-refractivity contribution in [2.75, 3.05) is 6.54 Å². The van der Waals surface area contributed by atoms with Gasteiger partial charge in [0.1, 0.15) is 5.69 Å². The van der Waals surface area contributed by atoms with Crippen LogP contribution in [-0.4, -0.2) is 47.9 Å². The second kappa shape index (κ2) is 7.38. The summed E-state index contributed by atoms with van der Waals surface area (Å²) in [5.74, 6) is -0.0536. The average molecular weight is 378 g/mol. The summed E-state index contributed by atoms with van der Waals surface area (Å²) in [7, 11) is 1.77. The van der Waals surface area contributed by atoms with Gasteiger partial charge in [0.15, 0.2) is 0 Å². The van der Waals surface area contributed by atoms with Crippen molar-refractivity contribution in [2.45, 2.75) is 32.4 Å². The normalized spacial score (nSPS) is 16.5. The lowest BCUT2D eigenvalue weighted by molar-refractivity contribution is 0.0709. The minimum atomic E-state index is -0.177. The number of carbonyl (C=O) groups is 1. The van der Waals surface area contributed by atoms with Crippen molar-refractivity contribution in [2.24, 2.45) is 7.05 Å². The SMILES string of the molecule is Cc1cc(C(=O)N2CCCC2Cn2nc(-c3cccnc3)ccc2=O)n(C)n1. The van der Waals surface area contributed by atoms with Gasteiger partial charge in [0.2, 0.25) is 0 Å². The maximum atomic E-state index is 13.0. The summed E-state index contributed by atoms with van der Waals surface area (Å²) in [5, 5.41) is 8.77. The van der Waals surface area contributed by atoms with Crippen molar-refractivity contribution in [3.63, 3.8) is 0 Å². The number of pyridine rings is 1. The number of rotatable bonds is 4. The Balaban J connectivity index is 1.59. The van der Waals surface area contributed by atoms with E-state index in [1.165, 1.54) is 10.7 Å². The highest BCUT2D eigenvalue weighted by atomic mass is 16.2. The second-order valence-corrected chi connectivity index (χ2v) is 7.07. The first-order chi connectivity index (χ1) is 13.5. The van der Waals surface area contributed by atoms with Gasteiger partial charge < -0.3 is 4.90 Å². The van der Waals surface area contributed by atoms with E-state index in [1.807, 2.05) is 24.0 Å². The lowest BCUT2D eigenvalue weighted by Gasteiger charge is -2.25. The standard InChI is InChI=1S/C20H22N6O2/c1-14-11-18(24(2)22-14)20(28)25-10-4-6-16(25)13-26-19(27)8-7-17(23-26)15-5-3-9-21-12-15/h3,5,7-9,11-12,16H,4,6,10,13H2,1-2H3. The monoisotopic (exact) mass is 378 g/mol.